The number of rotatable bonds is 1. The molecule has 3 aromatic heterocycles. The summed E-state index contributed by atoms with van der Waals surface area (Å²) in [6.45, 7) is 4.77. The van der Waals surface area contributed by atoms with Gasteiger partial charge in [-0.3, -0.25) is 4.98 Å². The van der Waals surface area contributed by atoms with E-state index in [9.17, 15) is 0 Å². The summed E-state index contributed by atoms with van der Waals surface area (Å²) in [5, 5.41) is 6.46. The molecule has 39 heavy (non-hydrogen) atoms. The highest BCUT2D eigenvalue weighted by atomic mass is 32.1. The fraction of sp³-hybridized carbons (Fsp3) is 0.0833. The van der Waals surface area contributed by atoms with Gasteiger partial charge in [-0.05, 0) is 58.7 Å². The Balaban J connectivity index is 1.47. The van der Waals surface area contributed by atoms with Crippen LogP contribution < -0.4 is 0 Å². The lowest BCUT2D eigenvalue weighted by molar-refractivity contribution is 0.664. The van der Waals surface area contributed by atoms with Crippen molar-refractivity contribution in [2.24, 2.45) is 0 Å². The van der Waals surface area contributed by atoms with Crippen LogP contribution in [0.4, 0.5) is 0 Å². The molecule has 0 N–H and O–H groups in total. The predicted octanol–water partition coefficient (Wildman–Crippen LogP) is 10.0. The normalized spacial score (nSPS) is 14.1. The summed E-state index contributed by atoms with van der Waals surface area (Å²) in [4.78, 5) is 4.70. The van der Waals surface area contributed by atoms with Gasteiger partial charge in [0.2, 0.25) is 0 Å². The van der Waals surface area contributed by atoms with Gasteiger partial charge < -0.3 is 4.57 Å². The smallest absolute Gasteiger partial charge is 0.0705 e. The number of hydrogen-bond donors (Lipinski definition) is 0. The molecule has 0 saturated heterocycles. The van der Waals surface area contributed by atoms with E-state index in [-0.39, 0.29) is 5.41 Å². The second-order valence-electron chi connectivity index (χ2n) is 11.2. The molecule has 184 valence electrons. The van der Waals surface area contributed by atoms with E-state index in [4.69, 9.17) is 4.98 Å². The van der Waals surface area contributed by atoms with E-state index < -0.39 is 0 Å². The molecule has 0 atom stereocenters. The molecule has 0 fully saturated rings. The molecule has 3 heteroatoms. The molecule has 0 amide bonds. The number of nitrogens with zero attached hydrogens (tertiary/aromatic N) is 2. The topological polar surface area (TPSA) is 17.8 Å². The summed E-state index contributed by atoms with van der Waals surface area (Å²) in [7, 11) is 0. The van der Waals surface area contributed by atoms with Gasteiger partial charge in [0.25, 0.3) is 0 Å². The molecule has 0 aliphatic heterocycles. The monoisotopic (exact) mass is 516 g/mol. The average molecular weight is 517 g/mol. The Bertz CT molecular complexity index is 2320. The van der Waals surface area contributed by atoms with Gasteiger partial charge in [-0.15, -0.1) is 11.3 Å². The second-order valence-corrected chi connectivity index (χ2v) is 12.3. The van der Waals surface area contributed by atoms with E-state index in [0.29, 0.717) is 0 Å². The number of para-hydroxylation sites is 1. The average Bonchev–Trinajstić information content (AvgIpc) is 3.58. The summed E-state index contributed by atoms with van der Waals surface area (Å²) in [5.74, 6) is 0. The molecule has 5 aromatic carbocycles. The summed E-state index contributed by atoms with van der Waals surface area (Å²) in [6.07, 6.45) is 1.89. The number of thiophene rings is 1. The maximum Gasteiger partial charge on any atom is 0.0705 e. The molecule has 1 aliphatic rings. The van der Waals surface area contributed by atoms with E-state index in [2.05, 4.69) is 115 Å². The van der Waals surface area contributed by atoms with Gasteiger partial charge in [0.15, 0.2) is 0 Å². The lowest BCUT2D eigenvalue weighted by atomic mass is 9.81. The molecule has 0 bridgehead atoms. The Labute approximate surface area is 229 Å². The molecule has 2 nitrogen and oxygen atoms in total. The standard InChI is InChI=1S/C36H24N2S/c1-36(2)28-20-29-21(9-8-18-37-29)19-27(28)24-16-17-25-22-10-3-5-13-30(22)38(34(25)33(24)36)31-14-7-12-26-23-11-4-6-15-32(23)39-35(26)31/h3-20H,1-2H3. The van der Waals surface area contributed by atoms with Gasteiger partial charge in [0.1, 0.15) is 0 Å². The SMILES string of the molecule is CC1(C)c2cc3ncccc3cc2-c2ccc3c4ccccc4n(-c4cccc5c4sc4ccccc45)c3c21. The molecular weight excluding hydrogens is 492 g/mol. The fourth-order valence-electron chi connectivity index (χ4n) is 7.07. The van der Waals surface area contributed by atoms with Crippen LogP contribution in [0.3, 0.4) is 0 Å². The highest BCUT2D eigenvalue weighted by Crippen LogP contribution is 2.54. The Hall–Kier alpha value is -4.47. The lowest BCUT2D eigenvalue weighted by Crippen LogP contribution is -2.16. The summed E-state index contributed by atoms with van der Waals surface area (Å²) >= 11 is 1.90. The number of hydrogen-bond acceptors (Lipinski definition) is 2. The number of aromatic nitrogens is 2. The maximum absolute atomic E-state index is 4.70. The van der Waals surface area contributed by atoms with Crippen molar-refractivity contribution >= 4 is 64.2 Å². The number of fused-ring (bicyclic) bond motifs is 11. The van der Waals surface area contributed by atoms with Gasteiger partial charge in [-0.25, -0.2) is 0 Å². The van der Waals surface area contributed by atoms with Crippen LogP contribution >= 0.6 is 11.3 Å². The van der Waals surface area contributed by atoms with Crippen LogP contribution in [0.15, 0.2) is 109 Å². The van der Waals surface area contributed by atoms with Crippen molar-refractivity contribution < 1.29 is 0 Å². The van der Waals surface area contributed by atoms with Gasteiger partial charge in [0, 0.05) is 43.2 Å². The van der Waals surface area contributed by atoms with Crippen molar-refractivity contribution in [1.82, 2.24) is 9.55 Å². The zero-order chi connectivity index (χ0) is 25.9. The molecule has 9 rings (SSSR count). The van der Waals surface area contributed by atoms with Crippen molar-refractivity contribution in [3.05, 3.63) is 120 Å². The molecule has 1 aliphatic carbocycles. The lowest BCUT2D eigenvalue weighted by Gasteiger charge is -2.24. The van der Waals surface area contributed by atoms with Crippen LogP contribution in [-0.2, 0) is 5.41 Å². The molecule has 8 aromatic rings. The van der Waals surface area contributed by atoms with Crippen LogP contribution in [0.5, 0.6) is 0 Å². The van der Waals surface area contributed by atoms with E-state index in [1.165, 1.54) is 75.3 Å². The van der Waals surface area contributed by atoms with E-state index in [0.717, 1.165) is 5.52 Å². The molecular formula is C36H24N2S. The van der Waals surface area contributed by atoms with Crippen molar-refractivity contribution in [3.63, 3.8) is 0 Å². The van der Waals surface area contributed by atoms with Gasteiger partial charge in [0.05, 0.1) is 26.9 Å². The molecule has 3 heterocycles. The number of pyridine rings is 1. The minimum absolute atomic E-state index is 0.171. The van der Waals surface area contributed by atoms with Crippen molar-refractivity contribution in [2.45, 2.75) is 19.3 Å². The Morgan fingerprint density at radius 3 is 2.44 bits per heavy atom. The Kier molecular flexibility index (Phi) is 4.04. The minimum Gasteiger partial charge on any atom is -0.307 e. The van der Waals surface area contributed by atoms with Crippen LogP contribution in [0.25, 0.3) is 69.7 Å². The van der Waals surface area contributed by atoms with Crippen molar-refractivity contribution in [1.29, 1.82) is 0 Å². The van der Waals surface area contributed by atoms with E-state index in [1.807, 2.05) is 23.6 Å². The Morgan fingerprint density at radius 2 is 1.51 bits per heavy atom. The minimum atomic E-state index is -0.171. The first-order chi connectivity index (χ1) is 19.1. The largest absolute Gasteiger partial charge is 0.307 e. The van der Waals surface area contributed by atoms with Crippen molar-refractivity contribution in [3.8, 4) is 16.8 Å². The van der Waals surface area contributed by atoms with Gasteiger partial charge in [-0.2, -0.15) is 0 Å². The van der Waals surface area contributed by atoms with Gasteiger partial charge in [-0.1, -0.05) is 80.6 Å². The van der Waals surface area contributed by atoms with E-state index in [1.54, 1.807) is 0 Å². The zero-order valence-electron chi connectivity index (χ0n) is 21.7. The molecule has 0 unspecified atom stereocenters. The third-order valence-corrected chi connectivity index (χ3v) is 10.0. The zero-order valence-corrected chi connectivity index (χ0v) is 22.5. The van der Waals surface area contributed by atoms with Crippen LogP contribution in [0.1, 0.15) is 25.0 Å². The van der Waals surface area contributed by atoms with Crippen LogP contribution in [0.2, 0.25) is 0 Å². The first-order valence-corrected chi connectivity index (χ1v) is 14.3. The third kappa shape index (κ3) is 2.68. The number of benzene rings is 5. The highest BCUT2D eigenvalue weighted by molar-refractivity contribution is 7.26. The summed E-state index contributed by atoms with van der Waals surface area (Å²) in [5.41, 5.74) is 10.1. The first-order valence-electron chi connectivity index (χ1n) is 13.5. The van der Waals surface area contributed by atoms with Crippen molar-refractivity contribution in [2.75, 3.05) is 0 Å². The molecule has 0 spiro atoms. The molecule has 0 saturated carbocycles. The second kappa shape index (κ2) is 7.34. The highest BCUT2D eigenvalue weighted by Gasteiger charge is 2.39. The molecule has 0 radical (unpaired) electrons. The summed E-state index contributed by atoms with van der Waals surface area (Å²) < 4.78 is 5.22. The van der Waals surface area contributed by atoms with E-state index >= 15 is 0 Å². The van der Waals surface area contributed by atoms with Gasteiger partial charge >= 0.3 is 0 Å². The van der Waals surface area contributed by atoms with Crippen LogP contribution in [0, 0.1) is 0 Å². The summed E-state index contributed by atoms with van der Waals surface area (Å²) in [6, 6.07) is 38.0. The van der Waals surface area contributed by atoms with Crippen LogP contribution in [-0.4, -0.2) is 9.55 Å². The quantitative estimate of drug-likeness (QED) is 0.212. The Morgan fingerprint density at radius 1 is 0.692 bits per heavy atom. The maximum atomic E-state index is 4.70. The fourth-order valence-corrected chi connectivity index (χ4v) is 8.27. The first kappa shape index (κ1) is 21.5. The predicted molar refractivity (Wildman–Crippen MR) is 167 cm³/mol. The third-order valence-electron chi connectivity index (χ3n) is 8.79.